The number of benzene rings is 1. The maximum absolute atomic E-state index is 13.3. The Balaban J connectivity index is 2.37. The number of methoxy groups -OCH3 is 1. The van der Waals surface area contributed by atoms with Gasteiger partial charge in [-0.05, 0) is 38.5 Å². The molecule has 0 bridgehead atoms. The minimum atomic E-state index is -1.29. The first kappa shape index (κ1) is 28.2. The average molecular weight is 501 g/mol. The summed E-state index contributed by atoms with van der Waals surface area (Å²) in [6, 6.07) is 4.08. The number of anilines is 1. The number of allylic oxidation sites excluding steroid dienone is 1. The van der Waals surface area contributed by atoms with Gasteiger partial charge in [0.15, 0.2) is 11.6 Å². The highest BCUT2D eigenvalue weighted by Gasteiger charge is 2.44. The van der Waals surface area contributed by atoms with Crippen LogP contribution in [0.1, 0.15) is 37.0 Å². The van der Waals surface area contributed by atoms with Gasteiger partial charge in [0.25, 0.3) is 11.8 Å². The molecule has 1 aliphatic rings. The monoisotopic (exact) mass is 500 g/mol. The highest BCUT2D eigenvalue weighted by Crippen LogP contribution is 2.25. The van der Waals surface area contributed by atoms with Crippen LogP contribution >= 0.6 is 0 Å². The topological polar surface area (TPSA) is 159 Å². The Labute approximate surface area is 209 Å². The number of ether oxygens (including phenoxy) is 1. The lowest BCUT2D eigenvalue weighted by Gasteiger charge is -2.40. The SMILES string of the molecule is CO[C@H](C(=O)c1ccccc1N)[C@@H]1C(=O)N(C)C=C(C(=O)N[C@@H](CCC(=O)O)C(=O)C=C(C)C)N1C. The molecule has 11 heteroatoms. The molecule has 1 aromatic rings. The zero-order valence-electron chi connectivity index (χ0n) is 21.0. The van der Waals surface area contributed by atoms with Crippen LogP contribution in [0.5, 0.6) is 0 Å². The van der Waals surface area contributed by atoms with Gasteiger partial charge in [-0.3, -0.25) is 24.0 Å². The van der Waals surface area contributed by atoms with Crippen molar-refractivity contribution in [3.05, 3.63) is 53.4 Å². The van der Waals surface area contributed by atoms with Crippen LogP contribution < -0.4 is 11.1 Å². The Morgan fingerprint density at radius 3 is 2.39 bits per heavy atom. The van der Waals surface area contributed by atoms with E-state index in [0.29, 0.717) is 5.57 Å². The van der Waals surface area contributed by atoms with E-state index in [-0.39, 0.29) is 29.8 Å². The maximum atomic E-state index is 13.3. The van der Waals surface area contributed by atoms with Gasteiger partial charge in [-0.1, -0.05) is 17.7 Å². The number of aliphatic carboxylic acids is 1. The quantitative estimate of drug-likeness (QED) is 0.228. The van der Waals surface area contributed by atoms with Gasteiger partial charge in [0.2, 0.25) is 0 Å². The number of nitrogens with two attached hydrogens (primary N) is 1. The molecule has 0 spiro atoms. The van der Waals surface area contributed by atoms with Gasteiger partial charge in [0.1, 0.15) is 17.8 Å². The van der Waals surface area contributed by atoms with E-state index in [4.69, 9.17) is 15.6 Å². The van der Waals surface area contributed by atoms with E-state index in [1.807, 2.05) is 0 Å². The summed E-state index contributed by atoms with van der Waals surface area (Å²) in [5.74, 6) is -3.30. The zero-order valence-corrected chi connectivity index (χ0v) is 21.0. The molecule has 3 atom stereocenters. The number of ketones is 2. The van der Waals surface area contributed by atoms with Gasteiger partial charge in [-0.15, -0.1) is 0 Å². The first-order chi connectivity index (χ1) is 16.9. The van der Waals surface area contributed by atoms with Crippen molar-refractivity contribution in [2.24, 2.45) is 0 Å². The maximum Gasteiger partial charge on any atom is 0.303 e. The predicted octanol–water partition coefficient (Wildman–Crippen LogP) is 0.965. The molecule has 4 N–H and O–H groups in total. The van der Waals surface area contributed by atoms with Crippen molar-refractivity contribution in [1.29, 1.82) is 0 Å². The molecule has 0 unspecified atom stereocenters. The summed E-state index contributed by atoms with van der Waals surface area (Å²) in [6.45, 7) is 3.41. The molecule has 36 heavy (non-hydrogen) atoms. The number of Topliss-reactive ketones (excluding diaryl/α,β-unsaturated/α-hetero) is 1. The smallest absolute Gasteiger partial charge is 0.303 e. The fourth-order valence-corrected chi connectivity index (χ4v) is 3.84. The summed E-state index contributed by atoms with van der Waals surface area (Å²) in [6.07, 6.45) is 0.866. The number of nitrogens with zero attached hydrogens (tertiary/aromatic N) is 2. The molecule has 1 heterocycles. The van der Waals surface area contributed by atoms with Crippen LogP contribution in [0.2, 0.25) is 0 Å². The number of carboxylic acid groups (broad SMARTS) is 1. The number of rotatable bonds is 11. The summed E-state index contributed by atoms with van der Waals surface area (Å²) in [4.78, 5) is 65.7. The molecule has 1 aliphatic heterocycles. The number of para-hydroxylation sites is 1. The van der Waals surface area contributed by atoms with Gasteiger partial charge in [-0.25, -0.2) is 0 Å². The molecule has 0 aromatic heterocycles. The van der Waals surface area contributed by atoms with Crippen molar-refractivity contribution in [2.75, 3.05) is 26.9 Å². The van der Waals surface area contributed by atoms with E-state index in [9.17, 15) is 24.0 Å². The molecule has 2 amide bonds. The van der Waals surface area contributed by atoms with E-state index in [1.54, 1.807) is 32.0 Å². The number of carboxylic acids is 1. The second kappa shape index (κ2) is 12.1. The summed E-state index contributed by atoms with van der Waals surface area (Å²) in [5, 5.41) is 11.6. The predicted molar refractivity (Wildman–Crippen MR) is 132 cm³/mol. The number of nitrogens with one attached hydrogen (secondary N) is 1. The summed E-state index contributed by atoms with van der Waals surface area (Å²) < 4.78 is 5.43. The third-order valence-electron chi connectivity index (χ3n) is 5.70. The van der Waals surface area contributed by atoms with Crippen molar-refractivity contribution < 1.29 is 33.8 Å². The third kappa shape index (κ3) is 6.57. The Hall–Kier alpha value is -3.99. The van der Waals surface area contributed by atoms with Crippen LogP contribution in [0.3, 0.4) is 0 Å². The number of hydrogen-bond donors (Lipinski definition) is 3. The number of hydrogen-bond acceptors (Lipinski definition) is 8. The van der Waals surface area contributed by atoms with Crippen LogP contribution in [-0.4, -0.2) is 83.6 Å². The fourth-order valence-electron chi connectivity index (χ4n) is 3.84. The molecule has 0 saturated carbocycles. The van der Waals surface area contributed by atoms with Crippen LogP contribution in [0, 0.1) is 0 Å². The molecule has 0 fully saturated rings. The molecule has 1 aromatic carbocycles. The highest BCUT2D eigenvalue weighted by molar-refractivity contribution is 6.08. The van der Waals surface area contributed by atoms with Crippen molar-refractivity contribution in [3.63, 3.8) is 0 Å². The van der Waals surface area contributed by atoms with Crippen molar-refractivity contribution in [2.45, 2.75) is 44.9 Å². The van der Waals surface area contributed by atoms with Crippen molar-refractivity contribution in [3.8, 4) is 0 Å². The summed E-state index contributed by atoms with van der Waals surface area (Å²) in [5.41, 5.74) is 7.02. The van der Waals surface area contributed by atoms with Gasteiger partial charge in [0.05, 0.1) is 6.04 Å². The van der Waals surface area contributed by atoms with Crippen LogP contribution in [-0.2, 0) is 23.9 Å². The second-order valence-corrected chi connectivity index (χ2v) is 8.71. The lowest BCUT2D eigenvalue weighted by Crippen LogP contribution is -2.59. The summed E-state index contributed by atoms with van der Waals surface area (Å²) in [7, 11) is 4.17. The summed E-state index contributed by atoms with van der Waals surface area (Å²) >= 11 is 0. The van der Waals surface area contributed by atoms with Gasteiger partial charge in [-0.2, -0.15) is 0 Å². The third-order valence-corrected chi connectivity index (χ3v) is 5.70. The molecule has 11 nitrogen and oxygen atoms in total. The lowest BCUT2D eigenvalue weighted by molar-refractivity contribution is -0.140. The Morgan fingerprint density at radius 2 is 1.83 bits per heavy atom. The number of nitrogen functional groups attached to an aromatic ring is 1. The molecule has 0 aliphatic carbocycles. The first-order valence-electron chi connectivity index (χ1n) is 11.2. The standard InChI is InChI=1S/C25H32N4O7/c1-14(2)12-19(30)17(10-11-20(31)32)27-24(34)18-13-28(3)25(35)21(29(18)4)23(36-5)22(33)15-8-6-7-9-16(15)26/h6-9,12-13,17,21,23H,10-11,26H2,1-5H3,(H,27,34)(H,31,32)/t17-,21+,23-/m0/s1. The highest BCUT2D eigenvalue weighted by atomic mass is 16.5. The fraction of sp³-hybridized carbons (Fsp3) is 0.400. The van der Waals surface area contributed by atoms with E-state index in [1.165, 1.54) is 44.4 Å². The number of carbonyl (C=O) groups is 5. The average Bonchev–Trinajstić information content (AvgIpc) is 2.80. The Bertz CT molecular complexity index is 1110. The molecular formula is C25H32N4O7. The number of likely N-dealkylation sites (N-methyl/N-ethyl adjacent to an activating group) is 2. The lowest BCUT2D eigenvalue weighted by atomic mass is 9.95. The van der Waals surface area contributed by atoms with E-state index in [2.05, 4.69) is 5.32 Å². The minimum Gasteiger partial charge on any atom is -0.481 e. The molecule has 2 rings (SSSR count). The molecule has 194 valence electrons. The minimum absolute atomic E-state index is 0.0108. The van der Waals surface area contributed by atoms with Crippen molar-refractivity contribution >= 4 is 35.0 Å². The Morgan fingerprint density at radius 1 is 1.19 bits per heavy atom. The number of amides is 2. The van der Waals surface area contributed by atoms with Crippen LogP contribution in [0.25, 0.3) is 0 Å². The van der Waals surface area contributed by atoms with Gasteiger partial charge < -0.3 is 30.7 Å². The van der Waals surface area contributed by atoms with E-state index in [0.717, 1.165) is 4.90 Å². The van der Waals surface area contributed by atoms with Gasteiger partial charge in [0, 0.05) is 45.1 Å². The zero-order chi connectivity index (χ0) is 27.2. The second-order valence-electron chi connectivity index (χ2n) is 8.71. The van der Waals surface area contributed by atoms with E-state index >= 15 is 0 Å². The molecule has 0 radical (unpaired) electrons. The molecular weight excluding hydrogens is 468 g/mol. The largest absolute Gasteiger partial charge is 0.481 e. The van der Waals surface area contributed by atoms with Crippen LogP contribution in [0.15, 0.2) is 47.8 Å². The van der Waals surface area contributed by atoms with Gasteiger partial charge >= 0.3 is 5.97 Å². The van der Waals surface area contributed by atoms with Crippen molar-refractivity contribution in [1.82, 2.24) is 15.1 Å². The van der Waals surface area contributed by atoms with Crippen LogP contribution in [0.4, 0.5) is 5.69 Å². The Kier molecular flexibility index (Phi) is 9.51. The normalized spacial score (nSPS) is 17.1. The molecule has 0 saturated heterocycles. The first-order valence-corrected chi connectivity index (χ1v) is 11.2. The van der Waals surface area contributed by atoms with E-state index < -0.39 is 47.5 Å². The number of carbonyl (C=O) groups excluding carboxylic acids is 4.